The van der Waals surface area contributed by atoms with E-state index in [2.05, 4.69) is 51.3 Å². The molecule has 72 heavy (non-hydrogen) atoms. The standard InChI is InChI=1S/C50H39N3O18S/c1-5-42(54)64-27-62-39-24-33(15-13-31(39)17-21-46(58)68-29-66-44(56)7-3)48(60)70-36-19-20-38(35(23-36)26-51-53-50-52-37-11-9-10-12-41(37)72-50)71-49(61)34-16-14-32(40(25-34)63-28-65-43(55)6-2)18-22-47(59)69-30-67-45(57)8-4/h5-26H,1-4,27-30H2,(H,52,53)/b21-17+,22-18+,51-26+. The zero-order valence-corrected chi connectivity index (χ0v) is 38.3. The van der Waals surface area contributed by atoms with Crippen molar-refractivity contribution in [3.63, 3.8) is 0 Å². The van der Waals surface area contributed by atoms with E-state index in [0.717, 1.165) is 46.7 Å². The minimum Gasteiger partial charge on any atom is -0.457 e. The molecule has 0 unspecified atom stereocenters. The molecule has 0 amide bonds. The lowest BCUT2D eigenvalue weighted by Gasteiger charge is -2.13. The molecule has 1 N–H and O–H groups in total. The van der Waals surface area contributed by atoms with Crippen LogP contribution in [0.25, 0.3) is 22.4 Å². The Morgan fingerprint density at radius 2 is 1.01 bits per heavy atom. The van der Waals surface area contributed by atoms with E-state index in [4.69, 9.17) is 37.9 Å². The van der Waals surface area contributed by atoms with Crippen LogP contribution in [-0.4, -0.2) is 86.1 Å². The number of carbonyl (C=O) groups excluding carboxylic acids is 8. The predicted molar refractivity (Wildman–Crippen MR) is 256 cm³/mol. The number of nitrogens with one attached hydrogen (secondary N) is 1. The van der Waals surface area contributed by atoms with Crippen LogP contribution in [0.3, 0.4) is 0 Å². The second-order valence-corrected chi connectivity index (χ2v) is 14.4. The molecule has 0 saturated heterocycles. The summed E-state index contributed by atoms with van der Waals surface area (Å²) in [5.41, 5.74) is 3.96. The van der Waals surface area contributed by atoms with Gasteiger partial charge in [-0.05, 0) is 66.7 Å². The highest BCUT2D eigenvalue weighted by Gasteiger charge is 2.18. The lowest BCUT2D eigenvalue weighted by Crippen LogP contribution is -2.13. The molecule has 0 saturated carbocycles. The second-order valence-electron chi connectivity index (χ2n) is 13.4. The lowest BCUT2D eigenvalue weighted by molar-refractivity contribution is -0.162. The third kappa shape index (κ3) is 16.7. The summed E-state index contributed by atoms with van der Waals surface area (Å²) < 4.78 is 52.3. The van der Waals surface area contributed by atoms with Crippen LogP contribution in [0.1, 0.15) is 37.4 Å². The summed E-state index contributed by atoms with van der Waals surface area (Å²) in [6.45, 7) is 10.5. The number of ether oxygens (including phenoxy) is 10. The van der Waals surface area contributed by atoms with Gasteiger partial charge in [-0.25, -0.2) is 43.3 Å². The first-order chi connectivity index (χ1) is 34.8. The number of benzene rings is 4. The van der Waals surface area contributed by atoms with Crippen molar-refractivity contribution in [1.29, 1.82) is 0 Å². The first-order valence-electron chi connectivity index (χ1n) is 20.4. The Kier molecular flexibility index (Phi) is 20.0. The van der Waals surface area contributed by atoms with Gasteiger partial charge in [0.1, 0.15) is 23.0 Å². The summed E-state index contributed by atoms with van der Waals surface area (Å²) in [5, 5.41) is 4.70. The van der Waals surface area contributed by atoms with Gasteiger partial charge in [0.25, 0.3) is 0 Å². The summed E-state index contributed by atoms with van der Waals surface area (Å²) in [7, 11) is 0. The molecule has 0 radical (unpaired) electrons. The molecule has 0 aliphatic carbocycles. The molecule has 21 nitrogen and oxygen atoms in total. The number of hydrogen-bond donors (Lipinski definition) is 1. The number of aromatic nitrogens is 1. The van der Waals surface area contributed by atoms with Gasteiger partial charge in [0, 0.05) is 53.1 Å². The highest BCUT2D eigenvalue weighted by Crippen LogP contribution is 2.30. The van der Waals surface area contributed by atoms with E-state index in [0.29, 0.717) is 5.13 Å². The molecule has 0 aliphatic heterocycles. The Labute approximate surface area is 412 Å². The number of thiazole rings is 1. The van der Waals surface area contributed by atoms with Gasteiger partial charge in [0.2, 0.25) is 32.3 Å². The van der Waals surface area contributed by atoms with Gasteiger partial charge in [0.05, 0.1) is 27.6 Å². The van der Waals surface area contributed by atoms with Crippen molar-refractivity contribution >= 4 is 92.8 Å². The van der Waals surface area contributed by atoms with E-state index in [9.17, 15) is 38.4 Å². The molecule has 0 aliphatic rings. The van der Waals surface area contributed by atoms with Crippen LogP contribution in [0.5, 0.6) is 23.0 Å². The SMILES string of the molecule is C=CC(=O)OCOC(=O)/C=C/c1ccc(C(=O)Oc2ccc(OC(=O)c3ccc(/C=C/C(=O)OCOC(=O)C=C)c(OCOC(=O)C=C)c3)c(/C=N/Nc3nc4ccccc4s3)c2)cc1OCOC(=O)C=C. The van der Waals surface area contributed by atoms with Crippen LogP contribution in [0.15, 0.2) is 147 Å². The van der Waals surface area contributed by atoms with Crippen molar-refractivity contribution in [2.75, 3.05) is 32.6 Å². The van der Waals surface area contributed by atoms with Crippen LogP contribution in [-0.2, 0) is 57.2 Å². The monoisotopic (exact) mass is 1000 g/mol. The van der Waals surface area contributed by atoms with Crippen LogP contribution in [0, 0.1) is 0 Å². The van der Waals surface area contributed by atoms with Crippen molar-refractivity contribution in [2.45, 2.75) is 0 Å². The number of hydrazone groups is 1. The zero-order chi connectivity index (χ0) is 51.8. The molecule has 22 heteroatoms. The number of hydrogen-bond acceptors (Lipinski definition) is 22. The number of fused-ring (bicyclic) bond motifs is 1. The predicted octanol–water partition coefficient (Wildman–Crippen LogP) is 6.80. The molecule has 368 valence electrons. The molecule has 0 bridgehead atoms. The van der Waals surface area contributed by atoms with Gasteiger partial charge >= 0.3 is 47.8 Å². The molecule has 0 atom stereocenters. The van der Waals surface area contributed by atoms with E-state index in [-0.39, 0.29) is 50.8 Å². The van der Waals surface area contributed by atoms with Gasteiger partial charge in [-0.15, -0.1) is 0 Å². The van der Waals surface area contributed by atoms with Gasteiger partial charge < -0.3 is 47.4 Å². The molecule has 5 rings (SSSR count). The maximum atomic E-state index is 13.8. The highest BCUT2D eigenvalue weighted by molar-refractivity contribution is 7.22. The topological polar surface area (TPSA) is 266 Å². The number of rotatable bonds is 25. The van der Waals surface area contributed by atoms with E-state index in [1.165, 1.54) is 84.3 Å². The van der Waals surface area contributed by atoms with Crippen molar-refractivity contribution in [1.82, 2.24) is 4.98 Å². The largest absolute Gasteiger partial charge is 0.457 e. The minimum absolute atomic E-state index is 0.0406. The third-order valence-electron chi connectivity index (χ3n) is 8.65. The van der Waals surface area contributed by atoms with Crippen molar-refractivity contribution in [3.8, 4) is 23.0 Å². The first kappa shape index (κ1) is 53.0. The molecule has 0 fully saturated rings. The van der Waals surface area contributed by atoms with E-state index < -0.39 is 74.9 Å². The van der Waals surface area contributed by atoms with E-state index in [1.54, 1.807) is 0 Å². The van der Waals surface area contributed by atoms with Crippen molar-refractivity contribution in [2.24, 2.45) is 5.10 Å². The first-order valence-corrected chi connectivity index (χ1v) is 21.2. The van der Waals surface area contributed by atoms with Crippen LogP contribution in [0.2, 0.25) is 0 Å². The lowest BCUT2D eigenvalue weighted by atomic mass is 10.1. The van der Waals surface area contributed by atoms with Crippen LogP contribution >= 0.6 is 11.3 Å². The maximum Gasteiger partial charge on any atom is 0.343 e. The van der Waals surface area contributed by atoms with Gasteiger partial charge in [-0.1, -0.05) is 61.9 Å². The quantitative estimate of drug-likeness (QED) is 0.0120. The Morgan fingerprint density at radius 3 is 1.53 bits per heavy atom. The maximum absolute atomic E-state index is 13.8. The van der Waals surface area contributed by atoms with Crippen LogP contribution < -0.4 is 24.4 Å². The number of anilines is 1. The molecule has 1 aromatic heterocycles. The average molecular weight is 1000 g/mol. The van der Waals surface area contributed by atoms with Gasteiger partial charge in [0.15, 0.2) is 0 Å². The number of esters is 8. The summed E-state index contributed by atoms with van der Waals surface area (Å²) >= 11 is 1.32. The summed E-state index contributed by atoms with van der Waals surface area (Å²) in [4.78, 5) is 102. The Bertz CT molecular complexity index is 2980. The van der Waals surface area contributed by atoms with Crippen molar-refractivity contribution in [3.05, 3.63) is 169 Å². The molecular weight excluding hydrogens is 963 g/mol. The Hall–Kier alpha value is -9.96. The van der Waals surface area contributed by atoms with Crippen LogP contribution in [0.4, 0.5) is 5.13 Å². The Morgan fingerprint density at radius 1 is 0.528 bits per heavy atom. The molecular formula is C50H39N3O18S. The summed E-state index contributed by atoms with van der Waals surface area (Å²) in [5.74, 6) is -7.08. The van der Waals surface area contributed by atoms with E-state index in [1.807, 2.05) is 24.3 Å². The van der Waals surface area contributed by atoms with E-state index >= 15 is 0 Å². The third-order valence-corrected chi connectivity index (χ3v) is 9.59. The van der Waals surface area contributed by atoms with Crippen molar-refractivity contribution < 1.29 is 85.7 Å². The zero-order valence-electron chi connectivity index (χ0n) is 37.5. The Balaban J connectivity index is 1.41. The molecule has 0 spiro atoms. The summed E-state index contributed by atoms with van der Waals surface area (Å²) in [6, 6.07) is 19.4. The molecule has 4 aromatic carbocycles. The number of para-hydroxylation sites is 1. The minimum atomic E-state index is -0.926. The van der Waals surface area contributed by atoms with Gasteiger partial charge in [-0.2, -0.15) is 5.10 Å². The fourth-order valence-corrected chi connectivity index (χ4v) is 6.09. The normalized spacial score (nSPS) is 10.7. The van der Waals surface area contributed by atoms with Gasteiger partial charge in [-0.3, -0.25) is 5.43 Å². The fourth-order valence-electron chi connectivity index (χ4n) is 5.27. The summed E-state index contributed by atoms with van der Waals surface area (Å²) in [6.07, 6.45) is 9.38. The second kappa shape index (κ2) is 27.1. The average Bonchev–Trinajstić information content (AvgIpc) is 3.81. The smallest absolute Gasteiger partial charge is 0.343 e. The fraction of sp³-hybridized carbons (Fsp3) is 0.0800. The molecule has 1 heterocycles. The number of carbonyl (C=O) groups is 8. The highest BCUT2D eigenvalue weighted by atomic mass is 32.1. The number of nitrogens with zero attached hydrogens (tertiary/aromatic N) is 2. The molecule has 5 aromatic rings.